The number of para-hydroxylation sites is 1. The van der Waals surface area contributed by atoms with Crippen molar-refractivity contribution in [2.24, 2.45) is 0 Å². The van der Waals surface area contributed by atoms with Crippen molar-refractivity contribution in [3.8, 4) is 5.75 Å². The van der Waals surface area contributed by atoms with Crippen LogP contribution in [0, 0.1) is 0 Å². The van der Waals surface area contributed by atoms with Crippen LogP contribution in [0.1, 0.15) is 30.7 Å². The predicted octanol–water partition coefficient (Wildman–Crippen LogP) is 4.76. The zero-order valence-corrected chi connectivity index (χ0v) is 13.0. The molecule has 0 heterocycles. The van der Waals surface area contributed by atoms with Crippen LogP contribution in [0.4, 0.5) is 0 Å². The number of rotatable bonds is 8. The fourth-order valence-electron chi connectivity index (χ4n) is 2.33. The van der Waals surface area contributed by atoms with E-state index in [9.17, 15) is 9.90 Å². The summed E-state index contributed by atoms with van der Waals surface area (Å²) in [4.78, 5) is 11.4. The summed E-state index contributed by atoms with van der Waals surface area (Å²) in [6.45, 7) is 0.582. The summed E-state index contributed by atoms with van der Waals surface area (Å²) < 4.78 is 5.60. The van der Waals surface area contributed by atoms with E-state index in [4.69, 9.17) is 16.3 Å². The van der Waals surface area contributed by atoms with E-state index >= 15 is 0 Å². The van der Waals surface area contributed by atoms with Gasteiger partial charge in [0, 0.05) is 5.02 Å². The van der Waals surface area contributed by atoms with Gasteiger partial charge in [-0.05, 0) is 43.0 Å². The zero-order chi connectivity index (χ0) is 15.8. The van der Waals surface area contributed by atoms with Crippen LogP contribution >= 0.6 is 11.6 Å². The Hall–Kier alpha value is -2.00. The van der Waals surface area contributed by atoms with Crippen LogP contribution in [0.25, 0.3) is 0 Å². The first-order valence-electron chi connectivity index (χ1n) is 7.33. The smallest absolute Gasteiger partial charge is 0.311 e. The van der Waals surface area contributed by atoms with Crippen LogP contribution in [0.5, 0.6) is 5.75 Å². The van der Waals surface area contributed by atoms with Gasteiger partial charge >= 0.3 is 5.97 Å². The Kier molecular flexibility index (Phi) is 6.28. The molecule has 0 aliphatic carbocycles. The average Bonchev–Trinajstić information content (AvgIpc) is 2.52. The molecule has 0 saturated carbocycles. The Bertz CT molecular complexity index is 598. The van der Waals surface area contributed by atoms with Gasteiger partial charge in [-0.25, -0.2) is 0 Å². The Morgan fingerprint density at radius 1 is 1.05 bits per heavy atom. The van der Waals surface area contributed by atoms with Gasteiger partial charge in [0.15, 0.2) is 0 Å². The number of halogens is 1. The molecule has 2 aromatic carbocycles. The first kappa shape index (κ1) is 16.4. The van der Waals surface area contributed by atoms with Gasteiger partial charge in [-0.2, -0.15) is 0 Å². The summed E-state index contributed by atoms with van der Waals surface area (Å²) in [5.74, 6) is -0.564. The maximum atomic E-state index is 11.4. The van der Waals surface area contributed by atoms with Gasteiger partial charge in [0.05, 0.1) is 12.5 Å². The molecule has 1 unspecified atom stereocenters. The molecule has 0 saturated heterocycles. The molecule has 22 heavy (non-hydrogen) atoms. The molecule has 0 fully saturated rings. The Morgan fingerprint density at radius 3 is 2.41 bits per heavy atom. The predicted molar refractivity (Wildman–Crippen MR) is 87.6 cm³/mol. The highest BCUT2D eigenvalue weighted by Gasteiger charge is 2.21. The second kappa shape index (κ2) is 8.44. The number of hydrogen-bond donors (Lipinski definition) is 1. The van der Waals surface area contributed by atoms with Crippen LogP contribution in [-0.2, 0) is 4.79 Å². The highest BCUT2D eigenvalue weighted by molar-refractivity contribution is 6.31. The Labute approximate surface area is 135 Å². The van der Waals surface area contributed by atoms with Gasteiger partial charge in [-0.1, -0.05) is 48.0 Å². The molecule has 0 aliphatic rings. The van der Waals surface area contributed by atoms with Crippen LogP contribution in [-0.4, -0.2) is 17.7 Å². The summed E-state index contributed by atoms with van der Waals surface area (Å²) in [6, 6.07) is 16.7. The zero-order valence-electron chi connectivity index (χ0n) is 12.2. The van der Waals surface area contributed by atoms with Crippen LogP contribution in [0.2, 0.25) is 5.02 Å². The van der Waals surface area contributed by atoms with Gasteiger partial charge < -0.3 is 9.84 Å². The van der Waals surface area contributed by atoms with Crippen LogP contribution < -0.4 is 4.74 Å². The van der Waals surface area contributed by atoms with Gasteiger partial charge in [0.2, 0.25) is 0 Å². The second-order valence-corrected chi connectivity index (χ2v) is 5.48. The van der Waals surface area contributed by atoms with E-state index in [2.05, 4.69) is 0 Å². The molecule has 0 bridgehead atoms. The fraction of sp³-hybridized carbons (Fsp3) is 0.278. The first-order valence-corrected chi connectivity index (χ1v) is 7.71. The molecule has 2 rings (SSSR count). The van der Waals surface area contributed by atoms with Crippen LogP contribution in [0.15, 0.2) is 54.6 Å². The van der Waals surface area contributed by atoms with Crippen molar-refractivity contribution in [3.05, 3.63) is 65.2 Å². The number of carbonyl (C=O) groups is 1. The van der Waals surface area contributed by atoms with E-state index in [1.807, 2.05) is 36.4 Å². The second-order valence-electron chi connectivity index (χ2n) is 5.07. The molecule has 0 amide bonds. The molecule has 0 radical (unpaired) electrons. The molecule has 0 aromatic heterocycles. The number of hydrogen-bond acceptors (Lipinski definition) is 2. The molecular weight excluding hydrogens is 300 g/mol. The first-order chi connectivity index (χ1) is 10.7. The number of carboxylic acid groups (broad SMARTS) is 1. The number of aliphatic carboxylic acids is 1. The molecule has 0 spiro atoms. The monoisotopic (exact) mass is 318 g/mol. The van der Waals surface area contributed by atoms with E-state index in [1.165, 1.54) is 0 Å². The summed E-state index contributed by atoms with van der Waals surface area (Å²) in [7, 11) is 0. The van der Waals surface area contributed by atoms with Gasteiger partial charge in [0.25, 0.3) is 0 Å². The molecular formula is C18H19ClO3. The lowest BCUT2D eigenvalue weighted by Crippen LogP contribution is -2.12. The molecule has 3 nitrogen and oxygen atoms in total. The molecule has 1 atom stereocenters. The van der Waals surface area contributed by atoms with Crippen molar-refractivity contribution in [1.82, 2.24) is 0 Å². The highest BCUT2D eigenvalue weighted by Crippen LogP contribution is 2.28. The van der Waals surface area contributed by atoms with Crippen molar-refractivity contribution < 1.29 is 14.6 Å². The quantitative estimate of drug-likeness (QED) is 0.714. The van der Waals surface area contributed by atoms with Gasteiger partial charge in [-0.15, -0.1) is 0 Å². The van der Waals surface area contributed by atoms with E-state index < -0.39 is 11.9 Å². The summed E-state index contributed by atoms with van der Waals surface area (Å²) in [5.41, 5.74) is 0.681. The van der Waals surface area contributed by atoms with Gasteiger partial charge in [-0.3, -0.25) is 4.79 Å². The SMILES string of the molecule is O=C(O)C(CCCCOc1ccccc1)c1ccccc1Cl. The molecule has 2 aromatic rings. The van der Waals surface area contributed by atoms with Crippen LogP contribution in [0.3, 0.4) is 0 Å². The lowest BCUT2D eigenvalue weighted by molar-refractivity contribution is -0.139. The average molecular weight is 319 g/mol. The number of unbranched alkanes of at least 4 members (excludes halogenated alkanes) is 1. The summed E-state index contributed by atoms with van der Waals surface area (Å²) in [6.07, 6.45) is 2.13. The standard InChI is InChI=1S/C18H19ClO3/c19-17-12-5-4-10-15(17)16(18(20)21)11-6-7-13-22-14-8-2-1-3-9-14/h1-5,8-10,12,16H,6-7,11,13H2,(H,20,21). The lowest BCUT2D eigenvalue weighted by atomic mass is 9.93. The number of carboxylic acids is 1. The van der Waals surface area contributed by atoms with E-state index in [0.717, 1.165) is 18.6 Å². The topological polar surface area (TPSA) is 46.5 Å². The third-order valence-corrected chi connectivity index (χ3v) is 3.82. The Balaban J connectivity index is 1.81. The maximum absolute atomic E-state index is 11.4. The van der Waals surface area contributed by atoms with E-state index in [0.29, 0.717) is 23.6 Å². The minimum Gasteiger partial charge on any atom is -0.494 e. The van der Waals surface area contributed by atoms with Gasteiger partial charge in [0.1, 0.15) is 5.75 Å². The summed E-state index contributed by atoms with van der Waals surface area (Å²) >= 11 is 6.10. The normalized spacial score (nSPS) is 11.9. The molecule has 116 valence electrons. The summed E-state index contributed by atoms with van der Waals surface area (Å²) in [5, 5.41) is 9.91. The minimum atomic E-state index is -0.836. The van der Waals surface area contributed by atoms with E-state index in [-0.39, 0.29) is 0 Å². The number of ether oxygens (including phenoxy) is 1. The molecule has 4 heteroatoms. The third-order valence-electron chi connectivity index (χ3n) is 3.48. The highest BCUT2D eigenvalue weighted by atomic mass is 35.5. The third kappa shape index (κ3) is 4.78. The van der Waals surface area contributed by atoms with Crippen molar-refractivity contribution in [3.63, 3.8) is 0 Å². The number of benzene rings is 2. The Morgan fingerprint density at radius 2 is 1.73 bits per heavy atom. The van der Waals surface area contributed by atoms with Crippen molar-refractivity contribution >= 4 is 17.6 Å². The fourth-order valence-corrected chi connectivity index (χ4v) is 2.59. The van der Waals surface area contributed by atoms with E-state index in [1.54, 1.807) is 18.2 Å². The molecule has 0 aliphatic heterocycles. The molecule has 1 N–H and O–H groups in total. The van der Waals surface area contributed by atoms with Crippen molar-refractivity contribution in [2.75, 3.05) is 6.61 Å². The minimum absolute atomic E-state index is 0.510. The lowest BCUT2D eigenvalue weighted by Gasteiger charge is -2.14. The largest absolute Gasteiger partial charge is 0.494 e. The van der Waals surface area contributed by atoms with Crippen molar-refractivity contribution in [1.29, 1.82) is 0 Å². The maximum Gasteiger partial charge on any atom is 0.311 e. The van der Waals surface area contributed by atoms with Crippen molar-refractivity contribution in [2.45, 2.75) is 25.2 Å².